The first-order valence-electron chi connectivity index (χ1n) is 8.55. The lowest BCUT2D eigenvalue weighted by molar-refractivity contribution is -0.0718. The minimum Gasteiger partial charge on any atom is -0.445 e. The van der Waals surface area contributed by atoms with Crippen LogP contribution in [0.4, 0.5) is 4.79 Å². The molecule has 1 amide bonds. The molecule has 0 saturated carbocycles. The zero-order valence-electron chi connectivity index (χ0n) is 14.4. The van der Waals surface area contributed by atoms with Gasteiger partial charge in [-0.3, -0.25) is 0 Å². The first-order valence-corrected chi connectivity index (χ1v) is 8.55. The fourth-order valence-electron chi connectivity index (χ4n) is 2.76. The maximum atomic E-state index is 12.0. The van der Waals surface area contributed by atoms with E-state index in [9.17, 15) is 9.90 Å². The summed E-state index contributed by atoms with van der Waals surface area (Å²) in [5, 5.41) is 15.9. The van der Waals surface area contributed by atoms with Crippen LogP contribution in [0.1, 0.15) is 32.3 Å². The Labute approximate surface area is 143 Å². The molecule has 1 aromatic carbocycles. The summed E-state index contributed by atoms with van der Waals surface area (Å²) in [6, 6.07) is 9.45. The Morgan fingerprint density at radius 1 is 1.38 bits per heavy atom. The van der Waals surface area contributed by atoms with Crippen LogP contribution in [-0.4, -0.2) is 42.7 Å². The molecule has 1 fully saturated rings. The largest absolute Gasteiger partial charge is 0.445 e. The van der Waals surface area contributed by atoms with Gasteiger partial charge in [-0.25, -0.2) is 4.79 Å². The van der Waals surface area contributed by atoms with E-state index in [0.29, 0.717) is 19.1 Å². The van der Waals surface area contributed by atoms with Crippen molar-refractivity contribution >= 4 is 6.09 Å². The quantitative estimate of drug-likeness (QED) is 0.677. The summed E-state index contributed by atoms with van der Waals surface area (Å²) in [5.74, 6) is 0.441. The van der Waals surface area contributed by atoms with Crippen LogP contribution in [0, 0.1) is 5.92 Å². The van der Waals surface area contributed by atoms with Crippen LogP contribution in [0.3, 0.4) is 0 Å². The number of carbonyl (C=O) groups is 1. The molecule has 3 N–H and O–H groups in total. The highest BCUT2D eigenvalue weighted by atomic mass is 16.6. The number of aliphatic hydroxyl groups excluding tert-OH is 1. The van der Waals surface area contributed by atoms with Gasteiger partial charge in [0.05, 0.1) is 12.6 Å². The molecule has 1 saturated heterocycles. The number of hydrogen-bond donors (Lipinski definition) is 3. The van der Waals surface area contributed by atoms with E-state index in [1.54, 1.807) is 0 Å². The summed E-state index contributed by atoms with van der Waals surface area (Å²) in [5.41, 5.74) is 0.956. The van der Waals surface area contributed by atoms with Gasteiger partial charge in [0.25, 0.3) is 0 Å². The van der Waals surface area contributed by atoms with Crippen molar-refractivity contribution in [2.24, 2.45) is 5.92 Å². The molecule has 1 unspecified atom stereocenters. The molecule has 0 bridgehead atoms. The van der Waals surface area contributed by atoms with Gasteiger partial charge in [-0.1, -0.05) is 44.2 Å². The van der Waals surface area contributed by atoms with E-state index in [4.69, 9.17) is 9.47 Å². The molecule has 0 radical (unpaired) electrons. The lowest BCUT2D eigenvalue weighted by atomic mass is 10.0. The molecule has 0 spiro atoms. The third kappa shape index (κ3) is 6.47. The molecule has 6 heteroatoms. The average Bonchev–Trinajstić information content (AvgIpc) is 2.96. The first kappa shape index (κ1) is 18.7. The Balaban J connectivity index is 1.77. The highest BCUT2D eigenvalue weighted by Crippen LogP contribution is 2.12. The molecule has 1 aliphatic heterocycles. The van der Waals surface area contributed by atoms with Crippen LogP contribution in [0.25, 0.3) is 0 Å². The Kier molecular flexibility index (Phi) is 7.49. The Morgan fingerprint density at radius 2 is 2.12 bits per heavy atom. The van der Waals surface area contributed by atoms with Crippen LogP contribution >= 0.6 is 0 Å². The number of alkyl carbamates (subject to hydrolysis) is 1. The molecule has 0 aromatic heterocycles. The number of amides is 1. The van der Waals surface area contributed by atoms with Gasteiger partial charge in [0, 0.05) is 12.6 Å². The highest BCUT2D eigenvalue weighted by Gasteiger charge is 2.26. The zero-order valence-corrected chi connectivity index (χ0v) is 14.4. The van der Waals surface area contributed by atoms with Crippen LogP contribution in [-0.2, 0) is 16.1 Å². The van der Waals surface area contributed by atoms with Gasteiger partial charge in [0.15, 0.2) is 6.29 Å². The summed E-state index contributed by atoms with van der Waals surface area (Å²) < 4.78 is 10.4. The van der Waals surface area contributed by atoms with Crippen molar-refractivity contribution < 1.29 is 19.4 Å². The molecular formula is C18H28N2O4. The monoisotopic (exact) mass is 336 g/mol. The average molecular weight is 336 g/mol. The van der Waals surface area contributed by atoms with Crippen LogP contribution in [0.5, 0.6) is 0 Å². The van der Waals surface area contributed by atoms with Gasteiger partial charge < -0.3 is 25.2 Å². The predicted molar refractivity (Wildman–Crippen MR) is 91.4 cm³/mol. The Bertz CT molecular complexity index is 495. The molecule has 134 valence electrons. The Morgan fingerprint density at radius 3 is 2.75 bits per heavy atom. The second kappa shape index (κ2) is 9.61. The minimum atomic E-state index is -0.769. The lowest BCUT2D eigenvalue weighted by Gasteiger charge is -2.23. The van der Waals surface area contributed by atoms with E-state index in [2.05, 4.69) is 24.5 Å². The van der Waals surface area contributed by atoms with Crippen molar-refractivity contribution in [2.75, 3.05) is 13.2 Å². The van der Waals surface area contributed by atoms with E-state index in [1.807, 2.05) is 30.3 Å². The summed E-state index contributed by atoms with van der Waals surface area (Å²) in [7, 11) is 0. The van der Waals surface area contributed by atoms with Gasteiger partial charge in [-0.05, 0) is 24.3 Å². The van der Waals surface area contributed by atoms with Gasteiger partial charge in [-0.15, -0.1) is 0 Å². The molecule has 24 heavy (non-hydrogen) atoms. The topological polar surface area (TPSA) is 79.8 Å². The van der Waals surface area contributed by atoms with Crippen LogP contribution < -0.4 is 10.6 Å². The third-order valence-corrected chi connectivity index (χ3v) is 3.98. The molecule has 2 rings (SSSR count). The number of aliphatic hydroxyl groups is 1. The van der Waals surface area contributed by atoms with Crippen molar-refractivity contribution in [2.45, 2.75) is 51.7 Å². The summed E-state index contributed by atoms with van der Waals surface area (Å²) >= 11 is 0. The normalized spacial score (nSPS) is 21.7. The molecule has 6 nitrogen and oxygen atoms in total. The summed E-state index contributed by atoms with van der Waals surface area (Å²) in [6.45, 7) is 5.60. The van der Waals surface area contributed by atoms with Crippen molar-refractivity contribution in [3.63, 3.8) is 0 Å². The fraction of sp³-hybridized carbons (Fsp3) is 0.611. The smallest absolute Gasteiger partial charge is 0.407 e. The van der Waals surface area contributed by atoms with E-state index < -0.39 is 12.4 Å². The SMILES string of the molecule is CC(C)C[C@H](CN[C@H]1CCOC1O)NC(=O)OCc1ccccc1. The Hall–Kier alpha value is -1.63. The maximum Gasteiger partial charge on any atom is 0.407 e. The third-order valence-electron chi connectivity index (χ3n) is 3.98. The molecule has 1 heterocycles. The summed E-state index contributed by atoms with van der Waals surface area (Å²) in [4.78, 5) is 12.0. The molecule has 3 atom stereocenters. The van der Waals surface area contributed by atoms with Gasteiger partial charge in [0.1, 0.15) is 6.61 Å². The van der Waals surface area contributed by atoms with Crippen LogP contribution in [0.2, 0.25) is 0 Å². The minimum absolute atomic E-state index is 0.0546. The number of carbonyl (C=O) groups excluding carboxylic acids is 1. The number of hydrogen-bond acceptors (Lipinski definition) is 5. The first-order chi connectivity index (χ1) is 11.5. The molecule has 1 aromatic rings. The number of ether oxygens (including phenoxy) is 2. The second-order valence-electron chi connectivity index (χ2n) is 6.60. The number of rotatable bonds is 8. The highest BCUT2D eigenvalue weighted by molar-refractivity contribution is 5.67. The van der Waals surface area contributed by atoms with E-state index in [-0.39, 0.29) is 18.7 Å². The predicted octanol–water partition coefficient (Wildman–Crippen LogP) is 2.02. The van der Waals surface area contributed by atoms with E-state index in [1.165, 1.54) is 0 Å². The zero-order chi connectivity index (χ0) is 17.4. The van der Waals surface area contributed by atoms with Crippen molar-refractivity contribution in [3.05, 3.63) is 35.9 Å². The van der Waals surface area contributed by atoms with E-state index in [0.717, 1.165) is 18.4 Å². The lowest BCUT2D eigenvalue weighted by Crippen LogP contribution is -2.47. The molecule has 0 aliphatic carbocycles. The summed E-state index contributed by atoms with van der Waals surface area (Å²) in [6.07, 6.45) is 0.412. The van der Waals surface area contributed by atoms with Gasteiger partial charge >= 0.3 is 6.09 Å². The maximum absolute atomic E-state index is 12.0. The fourth-order valence-corrected chi connectivity index (χ4v) is 2.76. The van der Waals surface area contributed by atoms with Crippen molar-refractivity contribution in [1.82, 2.24) is 10.6 Å². The van der Waals surface area contributed by atoms with E-state index >= 15 is 0 Å². The second-order valence-corrected chi connectivity index (χ2v) is 6.60. The van der Waals surface area contributed by atoms with Crippen molar-refractivity contribution in [1.29, 1.82) is 0 Å². The number of nitrogens with one attached hydrogen (secondary N) is 2. The molecular weight excluding hydrogens is 308 g/mol. The van der Waals surface area contributed by atoms with Crippen LogP contribution in [0.15, 0.2) is 30.3 Å². The van der Waals surface area contributed by atoms with Gasteiger partial charge in [0.2, 0.25) is 0 Å². The number of benzene rings is 1. The standard InChI is InChI=1S/C18H28N2O4/c1-13(2)10-15(11-19-16-8-9-23-17(16)21)20-18(22)24-12-14-6-4-3-5-7-14/h3-7,13,15-17,19,21H,8-12H2,1-2H3,(H,20,22)/t15-,16+,17?/m1/s1. The van der Waals surface area contributed by atoms with Gasteiger partial charge in [-0.2, -0.15) is 0 Å². The molecule has 1 aliphatic rings. The van der Waals surface area contributed by atoms with Crippen molar-refractivity contribution in [3.8, 4) is 0 Å².